The van der Waals surface area contributed by atoms with E-state index in [1.165, 1.54) is 42.5 Å². The Kier molecular flexibility index (Phi) is 6.30. The molecule has 0 aliphatic heterocycles. The third-order valence-electron chi connectivity index (χ3n) is 4.07. The van der Waals surface area contributed by atoms with Crippen LogP contribution in [0.15, 0.2) is 47.1 Å². The van der Waals surface area contributed by atoms with Gasteiger partial charge in [-0.25, -0.2) is 0 Å². The fourth-order valence-electron chi connectivity index (χ4n) is 2.64. The van der Waals surface area contributed by atoms with Crippen LogP contribution in [-0.2, 0) is 17.5 Å². The van der Waals surface area contributed by atoms with Crippen LogP contribution in [0.3, 0.4) is 0 Å². The number of rotatable bonds is 6. The van der Waals surface area contributed by atoms with Crippen molar-refractivity contribution in [2.45, 2.75) is 32.6 Å². The molecule has 0 bridgehead atoms. The molecule has 1 atom stereocenters. The van der Waals surface area contributed by atoms with Gasteiger partial charge in [-0.15, -0.1) is 0 Å². The topological polar surface area (TPSA) is 62.6 Å². The number of likely N-dealkylation sites (N-methyl/N-ethyl adjacent to an activating group) is 1. The molecule has 1 aromatic heterocycles. The van der Waals surface area contributed by atoms with Crippen molar-refractivity contribution in [1.82, 2.24) is 10.2 Å². The predicted octanol–water partition coefficient (Wildman–Crippen LogP) is 3.71. The Bertz CT molecular complexity index is 786. The zero-order chi connectivity index (χ0) is 20.2. The number of carbonyl (C=O) groups is 2. The molecule has 1 aromatic carbocycles. The second-order valence-corrected chi connectivity index (χ2v) is 6.52. The molecule has 0 aliphatic carbocycles. The molecule has 2 amide bonds. The highest BCUT2D eigenvalue weighted by Gasteiger charge is 2.34. The van der Waals surface area contributed by atoms with Crippen LogP contribution < -0.4 is 5.32 Å². The van der Waals surface area contributed by atoms with E-state index >= 15 is 0 Å². The number of benzene rings is 1. The van der Waals surface area contributed by atoms with Crippen LogP contribution in [-0.4, -0.2) is 29.8 Å². The summed E-state index contributed by atoms with van der Waals surface area (Å²) in [6.45, 7) is 3.25. The van der Waals surface area contributed by atoms with Crippen LogP contribution in [0.2, 0.25) is 0 Å². The van der Waals surface area contributed by atoms with E-state index in [-0.39, 0.29) is 23.8 Å². The van der Waals surface area contributed by atoms with Gasteiger partial charge in [0.2, 0.25) is 5.91 Å². The predicted molar refractivity (Wildman–Crippen MR) is 92.7 cm³/mol. The quantitative estimate of drug-likeness (QED) is 0.828. The van der Waals surface area contributed by atoms with Crippen LogP contribution in [0.4, 0.5) is 13.2 Å². The summed E-state index contributed by atoms with van der Waals surface area (Å²) >= 11 is 0. The van der Waals surface area contributed by atoms with E-state index < -0.39 is 29.6 Å². The van der Waals surface area contributed by atoms with Gasteiger partial charge in [0, 0.05) is 13.6 Å². The Balaban J connectivity index is 2.15. The minimum Gasteiger partial charge on any atom is -0.459 e. The first kappa shape index (κ1) is 20.5. The number of halogens is 3. The second kappa shape index (κ2) is 8.28. The molecule has 5 nitrogen and oxygen atoms in total. The van der Waals surface area contributed by atoms with Crippen molar-refractivity contribution in [2.75, 3.05) is 7.05 Å². The van der Waals surface area contributed by atoms with E-state index in [9.17, 15) is 22.8 Å². The molecule has 1 heterocycles. The summed E-state index contributed by atoms with van der Waals surface area (Å²) < 4.78 is 44.4. The second-order valence-electron chi connectivity index (χ2n) is 6.52. The molecule has 146 valence electrons. The molecule has 27 heavy (non-hydrogen) atoms. The molecule has 0 fully saturated rings. The molecule has 2 rings (SSSR count). The summed E-state index contributed by atoms with van der Waals surface area (Å²) in [7, 11) is 1.41. The Morgan fingerprint density at radius 2 is 1.81 bits per heavy atom. The molecular formula is C19H21F3N2O3. The minimum absolute atomic E-state index is 0.0132. The summed E-state index contributed by atoms with van der Waals surface area (Å²) in [5, 5.41) is 2.58. The molecule has 0 saturated carbocycles. The van der Waals surface area contributed by atoms with Gasteiger partial charge >= 0.3 is 6.18 Å². The zero-order valence-corrected chi connectivity index (χ0v) is 15.2. The molecule has 0 spiro atoms. The summed E-state index contributed by atoms with van der Waals surface area (Å²) in [6.07, 6.45) is -3.17. The number of hydrogen-bond acceptors (Lipinski definition) is 3. The Morgan fingerprint density at radius 1 is 1.15 bits per heavy atom. The standard InChI is InChI=1S/C19H21F3N2O3/c1-12(2)16(23-17(25)15-9-6-10-27-15)18(26)24(3)11-13-7-4-5-8-14(13)19(20,21)22/h4-10,12,16H,11H2,1-3H3,(H,23,25). The van der Waals surface area contributed by atoms with Gasteiger partial charge in [0.15, 0.2) is 5.76 Å². The van der Waals surface area contributed by atoms with E-state index in [1.807, 2.05) is 0 Å². The lowest BCUT2D eigenvalue weighted by Gasteiger charge is -2.27. The highest BCUT2D eigenvalue weighted by molar-refractivity contribution is 5.95. The van der Waals surface area contributed by atoms with E-state index in [1.54, 1.807) is 19.9 Å². The molecule has 2 aromatic rings. The van der Waals surface area contributed by atoms with Gasteiger partial charge in [0.25, 0.3) is 5.91 Å². The van der Waals surface area contributed by atoms with Crippen molar-refractivity contribution in [3.63, 3.8) is 0 Å². The fourth-order valence-corrected chi connectivity index (χ4v) is 2.64. The third kappa shape index (κ3) is 5.12. The molecule has 8 heteroatoms. The maximum Gasteiger partial charge on any atom is 0.416 e. The lowest BCUT2D eigenvalue weighted by molar-refractivity contribution is -0.140. The van der Waals surface area contributed by atoms with E-state index in [0.717, 1.165) is 6.07 Å². The van der Waals surface area contributed by atoms with E-state index in [0.29, 0.717) is 0 Å². The first-order valence-electron chi connectivity index (χ1n) is 8.35. The van der Waals surface area contributed by atoms with Gasteiger partial charge < -0.3 is 14.6 Å². The Labute approximate surface area is 155 Å². The van der Waals surface area contributed by atoms with Crippen molar-refractivity contribution in [3.05, 3.63) is 59.5 Å². The van der Waals surface area contributed by atoms with Crippen molar-refractivity contribution < 1.29 is 27.2 Å². The maximum absolute atomic E-state index is 13.1. The maximum atomic E-state index is 13.1. The van der Waals surface area contributed by atoms with Crippen molar-refractivity contribution in [3.8, 4) is 0 Å². The van der Waals surface area contributed by atoms with E-state index in [2.05, 4.69) is 5.32 Å². The average molecular weight is 382 g/mol. The average Bonchev–Trinajstić information content (AvgIpc) is 3.12. The number of amides is 2. The first-order valence-corrected chi connectivity index (χ1v) is 8.35. The largest absolute Gasteiger partial charge is 0.459 e. The normalized spacial score (nSPS) is 12.7. The molecule has 0 radical (unpaired) electrons. The number of furan rings is 1. The number of nitrogens with zero attached hydrogens (tertiary/aromatic N) is 1. The summed E-state index contributed by atoms with van der Waals surface area (Å²) in [5.41, 5.74) is -0.800. The molecular weight excluding hydrogens is 361 g/mol. The Hall–Kier alpha value is -2.77. The van der Waals surface area contributed by atoms with Gasteiger partial charge in [-0.05, 0) is 29.7 Å². The van der Waals surface area contributed by atoms with Crippen molar-refractivity contribution in [2.24, 2.45) is 5.92 Å². The SMILES string of the molecule is CC(C)C(NC(=O)c1ccco1)C(=O)N(C)Cc1ccccc1C(F)(F)F. The summed E-state index contributed by atoms with van der Waals surface area (Å²) in [5.74, 6) is -1.26. The number of nitrogens with one attached hydrogen (secondary N) is 1. The lowest BCUT2D eigenvalue weighted by Crippen LogP contribution is -2.50. The molecule has 0 saturated heterocycles. The van der Waals surface area contributed by atoms with Crippen LogP contribution in [0.5, 0.6) is 0 Å². The van der Waals surface area contributed by atoms with Gasteiger partial charge in [0.1, 0.15) is 6.04 Å². The summed E-state index contributed by atoms with van der Waals surface area (Å²) in [4.78, 5) is 26.1. The van der Waals surface area contributed by atoms with Crippen molar-refractivity contribution >= 4 is 11.8 Å². The van der Waals surface area contributed by atoms with Crippen LogP contribution in [0.1, 0.15) is 35.5 Å². The smallest absolute Gasteiger partial charge is 0.416 e. The van der Waals surface area contributed by atoms with E-state index in [4.69, 9.17) is 4.42 Å². The number of hydrogen-bond donors (Lipinski definition) is 1. The Morgan fingerprint density at radius 3 is 2.37 bits per heavy atom. The van der Waals surface area contributed by atoms with Gasteiger partial charge in [-0.2, -0.15) is 13.2 Å². The van der Waals surface area contributed by atoms with Crippen molar-refractivity contribution in [1.29, 1.82) is 0 Å². The van der Waals surface area contributed by atoms with Gasteiger partial charge in [0.05, 0.1) is 11.8 Å². The minimum atomic E-state index is -4.51. The number of alkyl halides is 3. The highest BCUT2D eigenvalue weighted by atomic mass is 19.4. The zero-order valence-electron chi connectivity index (χ0n) is 15.2. The molecule has 1 N–H and O–H groups in total. The fraction of sp³-hybridized carbons (Fsp3) is 0.368. The van der Waals surface area contributed by atoms with Gasteiger partial charge in [-0.1, -0.05) is 32.0 Å². The highest BCUT2D eigenvalue weighted by Crippen LogP contribution is 2.32. The molecule has 1 unspecified atom stereocenters. The van der Waals surface area contributed by atoms with Gasteiger partial charge in [-0.3, -0.25) is 9.59 Å². The third-order valence-corrected chi connectivity index (χ3v) is 4.07. The van der Waals surface area contributed by atoms with Crippen LogP contribution in [0, 0.1) is 5.92 Å². The summed E-state index contributed by atoms with van der Waals surface area (Å²) in [6, 6.07) is 7.20. The number of carbonyl (C=O) groups excluding carboxylic acids is 2. The van der Waals surface area contributed by atoms with Crippen LogP contribution >= 0.6 is 0 Å². The van der Waals surface area contributed by atoms with Crippen LogP contribution in [0.25, 0.3) is 0 Å². The lowest BCUT2D eigenvalue weighted by atomic mass is 10.0. The molecule has 0 aliphatic rings. The first-order chi connectivity index (χ1) is 12.6. The monoisotopic (exact) mass is 382 g/mol.